The molecule has 0 saturated heterocycles. The molecule has 1 aromatic carbocycles. The predicted octanol–water partition coefficient (Wildman–Crippen LogP) is 4.78. The molecule has 0 radical (unpaired) electrons. The molecule has 2 unspecified atom stereocenters. The summed E-state index contributed by atoms with van der Waals surface area (Å²) in [6.45, 7) is 17.7. The standard InChI is InChI=1S/C22H28/c1-8-10-14(2)13-20-17(5)18(6)21-15(3)11-9-12-16(4)22(21)19(20)7/h8-14,16H,5H2,1-4,6-7H3/b10-8-,20-13+. The van der Waals surface area contributed by atoms with Crippen LogP contribution in [0.5, 0.6) is 0 Å². The van der Waals surface area contributed by atoms with Crippen molar-refractivity contribution in [3.05, 3.63) is 63.1 Å². The molecule has 0 aliphatic heterocycles. The van der Waals surface area contributed by atoms with Gasteiger partial charge in [-0.15, -0.1) is 0 Å². The lowest BCUT2D eigenvalue weighted by Gasteiger charge is -2.20. The molecule has 0 N–H and O–H groups in total. The molecule has 1 aliphatic rings. The van der Waals surface area contributed by atoms with E-state index in [4.69, 9.17) is 0 Å². The molecule has 0 saturated carbocycles. The van der Waals surface area contributed by atoms with Gasteiger partial charge in [0.25, 0.3) is 0 Å². The van der Waals surface area contributed by atoms with Gasteiger partial charge in [0.05, 0.1) is 0 Å². The topological polar surface area (TPSA) is 0 Å². The Kier molecular flexibility index (Phi) is 4.90. The largest absolute Gasteiger partial charge is 0.0911 e. The summed E-state index contributed by atoms with van der Waals surface area (Å²) in [6.07, 6.45) is 13.4. The molecule has 0 nitrogen and oxygen atoms in total. The van der Waals surface area contributed by atoms with E-state index in [1.54, 1.807) is 0 Å². The Morgan fingerprint density at radius 3 is 2.50 bits per heavy atom. The molecule has 22 heavy (non-hydrogen) atoms. The van der Waals surface area contributed by atoms with Crippen LogP contribution in [-0.4, -0.2) is 0 Å². The third kappa shape index (κ3) is 2.88. The van der Waals surface area contributed by atoms with Gasteiger partial charge in [0.15, 0.2) is 0 Å². The van der Waals surface area contributed by atoms with Crippen molar-refractivity contribution >= 4 is 18.2 Å². The Hall–Kier alpha value is -1.82. The van der Waals surface area contributed by atoms with E-state index in [2.05, 4.69) is 84.6 Å². The Bertz CT molecular complexity index is 769. The van der Waals surface area contributed by atoms with Gasteiger partial charge in [0.2, 0.25) is 0 Å². The van der Waals surface area contributed by atoms with Crippen LogP contribution in [0.15, 0.2) is 30.4 Å². The van der Waals surface area contributed by atoms with Crippen molar-refractivity contribution in [2.24, 2.45) is 5.92 Å². The second-order valence-corrected chi connectivity index (χ2v) is 6.51. The average Bonchev–Trinajstić information content (AvgIpc) is 2.60. The molecular formula is C22H28. The smallest absolute Gasteiger partial charge is 0.000166 e. The number of fused-ring (bicyclic) bond motifs is 1. The lowest BCUT2D eigenvalue weighted by Crippen LogP contribution is -2.33. The first-order valence-corrected chi connectivity index (χ1v) is 8.20. The van der Waals surface area contributed by atoms with Crippen LogP contribution in [0.2, 0.25) is 0 Å². The molecule has 0 heterocycles. The summed E-state index contributed by atoms with van der Waals surface area (Å²) in [5.74, 6) is 0.863. The van der Waals surface area contributed by atoms with Crippen molar-refractivity contribution in [1.82, 2.24) is 0 Å². The van der Waals surface area contributed by atoms with Crippen molar-refractivity contribution < 1.29 is 0 Å². The molecule has 0 aromatic heterocycles. The molecule has 0 amide bonds. The van der Waals surface area contributed by atoms with Gasteiger partial charge in [0.1, 0.15) is 0 Å². The molecule has 1 aromatic rings. The van der Waals surface area contributed by atoms with E-state index in [1.807, 2.05) is 0 Å². The van der Waals surface area contributed by atoms with Crippen molar-refractivity contribution in [2.75, 3.05) is 0 Å². The van der Waals surface area contributed by atoms with Crippen molar-refractivity contribution in [3.8, 4) is 0 Å². The van der Waals surface area contributed by atoms with Gasteiger partial charge >= 0.3 is 0 Å². The summed E-state index contributed by atoms with van der Waals surface area (Å²) in [6, 6.07) is 0. The fourth-order valence-electron chi connectivity index (χ4n) is 3.58. The number of hydrogen-bond donors (Lipinski definition) is 0. The van der Waals surface area contributed by atoms with Gasteiger partial charge in [-0.25, -0.2) is 0 Å². The lowest BCUT2D eigenvalue weighted by atomic mass is 9.84. The van der Waals surface area contributed by atoms with Gasteiger partial charge in [-0.3, -0.25) is 0 Å². The fourth-order valence-corrected chi connectivity index (χ4v) is 3.58. The van der Waals surface area contributed by atoms with Crippen LogP contribution in [0.4, 0.5) is 0 Å². The van der Waals surface area contributed by atoms with E-state index >= 15 is 0 Å². The molecule has 116 valence electrons. The first-order valence-electron chi connectivity index (χ1n) is 8.20. The molecule has 0 bridgehead atoms. The highest BCUT2D eigenvalue weighted by Gasteiger charge is 2.18. The van der Waals surface area contributed by atoms with Crippen LogP contribution < -0.4 is 10.4 Å². The minimum atomic E-state index is 0.426. The zero-order chi connectivity index (χ0) is 16.4. The summed E-state index contributed by atoms with van der Waals surface area (Å²) in [5.41, 5.74) is 6.91. The summed E-state index contributed by atoms with van der Waals surface area (Å²) >= 11 is 0. The van der Waals surface area contributed by atoms with Crippen LogP contribution >= 0.6 is 0 Å². The highest BCUT2D eigenvalue weighted by molar-refractivity contribution is 5.74. The van der Waals surface area contributed by atoms with E-state index in [1.165, 1.54) is 38.3 Å². The molecular weight excluding hydrogens is 264 g/mol. The van der Waals surface area contributed by atoms with Crippen LogP contribution in [0.1, 0.15) is 55.9 Å². The molecule has 0 spiro atoms. The van der Waals surface area contributed by atoms with E-state index in [9.17, 15) is 0 Å². The molecule has 2 atom stereocenters. The molecule has 0 heteroatoms. The van der Waals surface area contributed by atoms with Gasteiger partial charge < -0.3 is 0 Å². The van der Waals surface area contributed by atoms with E-state index in [0.29, 0.717) is 11.8 Å². The summed E-state index contributed by atoms with van der Waals surface area (Å²) < 4.78 is 0. The minimum Gasteiger partial charge on any atom is -0.0911 e. The first-order chi connectivity index (χ1) is 10.4. The zero-order valence-corrected chi connectivity index (χ0v) is 14.8. The van der Waals surface area contributed by atoms with Crippen LogP contribution in [-0.2, 0) is 0 Å². The maximum Gasteiger partial charge on any atom is 0.000166 e. The predicted molar refractivity (Wildman–Crippen MR) is 100 cm³/mol. The van der Waals surface area contributed by atoms with Crippen LogP contribution in [0.25, 0.3) is 18.2 Å². The quantitative estimate of drug-likeness (QED) is 0.688. The summed E-state index contributed by atoms with van der Waals surface area (Å²) in [7, 11) is 0. The minimum absolute atomic E-state index is 0.426. The Labute approximate surface area is 135 Å². The SMILES string of the molecule is C=c1c(C)c2c(c(C)/c1=C/C(C)/C=C\C)C(C)C=CC=C2C. The molecule has 0 fully saturated rings. The first kappa shape index (κ1) is 16.5. The maximum atomic E-state index is 4.39. The highest BCUT2D eigenvalue weighted by atomic mass is 14.2. The van der Waals surface area contributed by atoms with Gasteiger partial charge in [-0.05, 0) is 71.9 Å². The van der Waals surface area contributed by atoms with Gasteiger partial charge in [-0.2, -0.15) is 0 Å². The van der Waals surface area contributed by atoms with E-state index < -0.39 is 0 Å². The number of benzene rings is 1. The van der Waals surface area contributed by atoms with Crippen molar-refractivity contribution in [2.45, 2.75) is 47.5 Å². The zero-order valence-electron chi connectivity index (χ0n) is 14.8. The maximum absolute atomic E-state index is 4.39. The molecule has 2 rings (SSSR count). The Morgan fingerprint density at radius 2 is 1.86 bits per heavy atom. The van der Waals surface area contributed by atoms with Crippen LogP contribution in [0, 0.1) is 19.8 Å². The Morgan fingerprint density at radius 1 is 1.18 bits per heavy atom. The third-order valence-corrected chi connectivity index (χ3v) is 4.75. The number of hydrogen-bond acceptors (Lipinski definition) is 0. The summed E-state index contributed by atoms with van der Waals surface area (Å²) in [5, 5.41) is 2.49. The van der Waals surface area contributed by atoms with Crippen molar-refractivity contribution in [1.29, 1.82) is 0 Å². The fraction of sp³-hybridized carbons (Fsp3) is 0.364. The number of rotatable bonds is 2. The summed E-state index contributed by atoms with van der Waals surface area (Å²) in [4.78, 5) is 0. The lowest BCUT2D eigenvalue weighted by molar-refractivity contribution is 0.932. The molecule has 1 aliphatic carbocycles. The second kappa shape index (κ2) is 6.52. The number of allylic oxidation sites excluding steroid dienone is 6. The third-order valence-electron chi connectivity index (χ3n) is 4.75. The Balaban J connectivity index is 2.88. The average molecular weight is 292 g/mol. The van der Waals surface area contributed by atoms with E-state index in [0.717, 1.165) is 0 Å². The monoisotopic (exact) mass is 292 g/mol. The van der Waals surface area contributed by atoms with E-state index in [-0.39, 0.29) is 0 Å². The normalized spacial score (nSPS) is 20.0. The van der Waals surface area contributed by atoms with Gasteiger partial charge in [-0.1, -0.05) is 56.9 Å². The van der Waals surface area contributed by atoms with Crippen molar-refractivity contribution in [3.63, 3.8) is 0 Å². The van der Waals surface area contributed by atoms with Gasteiger partial charge in [0, 0.05) is 5.92 Å². The second-order valence-electron chi connectivity index (χ2n) is 6.51. The highest BCUT2D eigenvalue weighted by Crippen LogP contribution is 2.31. The van der Waals surface area contributed by atoms with Crippen LogP contribution in [0.3, 0.4) is 0 Å².